The number of hydrogen-bond acceptors (Lipinski definition) is 6. The number of benzene rings is 1. The van der Waals surface area contributed by atoms with E-state index in [-0.39, 0.29) is 18.0 Å². The number of nitrogens with one attached hydrogen (secondary N) is 1. The van der Waals surface area contributed by atoms with Crippen molar-refractivity contribution in [3.8, 4) is 0 Å². The Bertz CT molecular complexity index is 1280. The van der Waals surface area contributed by atoms with Gasteiger partial charge in [-0.15, -0.1) is 11.3 Å². The van der Waals surface area contributed by atoms with Crippen LogP contribution in [-0.2, 0) is 17.9 Å². The number of aromatic nitrogens is 3. The van der Waals surface area contributed by atoms with Gasteiger partial charge in [-0.2, -0.15) is 0 Å². The zero-order chi connectivity index (χ0) is 20.5. The number of thiophene rings is 1. The van der Waals surface area contributed by atoms with Crippen molar-refractivity contribution < 1.29 is 4.79 Å². The number of fused-ring (bicyclic) bond motifs is 2. The Morgan fingerprint density at radius 1 is 1.17 bits per heavy atom. The van der Waals surface area contributed by atoms with Gasteiger partial charge in [-0.25, -0.2) is 9.78 Å². The molecular weight excluding hydrogens is 408 g/mol. The molecule has 1 N–H and O–H groups in total. The summed E-state index contributed by atoms with van der Waals surface area (Å²) < 4.78 is 4.07. The normalized spacial score (nSPS) is 11.6. The van der Waals surface area contributed by atoms with Crippen LogP contribution in [-0.4, -0.2) is 20.0 Å². The molecule has 0 aliphatic heterocycles. The molecule has 4 rings (SSSR count). The van der Waals surface area contributed by atoms with Crippen LogP contribution in [0.25, 0.3) is 20.4 Å². The minimum absolute atomic E-state index is 0.177. The fourth-order valence-electron chi connectivity index (χ4n) is 3.10. The molecule has 0 aliphatic carbocycles. The zero-order valence-corrected chi connectivity index (χ0v) is 17.7. The number of rotatable bonds is 6. The second kappa shape index (κ2) is 7.92. The van der Waals surface area contributed by atoms with Crippen molar-refractivity contribution in [2.75, 3.05) is 5.32 Å². The number of anilines is 1. The lowest BCUT2D eigenvalue weighted by molar-refractivity contribution is -0.116. The van der Waals surface area contributed by atoms with Crippen LogP contribution in [0.3, 0.4) is 0 Å². The Hall–Kier alpha value is -2.78. The maximum atomic E-state index is 13.0. The molecule has 0 saturated carbocycles. The van der Waals surface area contributed by atoms with E-state index in [0.717, 1.165) is 10.2 Å². The first-order chi connectivity index (χ1) is 13.9. The van der Waals surface area contributed by atoms with Gasteiger partial charge in [0.2, 0.25) is 5.91 Å². The zero-order valence-electron chi connectivity index (χ0n) is 16.0. The summed E-state index contributed by atoms with van der Waals surface area (Å²) in [5, 5.41) is 5.02. The first-order valence-corrected chi connectivity index (χ1v) is 11.0. The molecule has 1 aromatic carbocycles. The second-order valence-corrected chi connectivity index (χ2v) is 9.12. The largest absolute Gasteiger partial charge is 0.332 e. The van der Waals surface area contributed by atoms with Gasteiger partial charge in [0.15, 0.2) is 5.13 Å². The molecule has 7 nitrogen and oxygen atoms in total. The van der Waals surface area contributed by atoms with E-state index >= 15 is 0 Å². The summed E-state index contributed by atoms with van der Waals surface area (Å²) in [5.41, 5.74) is 0.558. The third-order valence-corrected chi connectivity index (χ3v) is 6.45. The van der Waals surface area contributed by atoms with Gasteiger partial charge in [0.05, 0.1) is 15.7 Å². The standard InChI is InChI=1S/C20H20N4O3S2/c1-12(2)7-9-23-18(26)17-14(8-10-28-17)24(20(23)27)11-16(25)22-19-21-13-5-3-4-6-15(13)29-19/h3-6,8,10,12H,7,9,11H2,1-2H3,(H,21,22,25). The minimum atomic E-state index is -0.457. The molecule has 0 unspecified atom stereocenters. The van der Waals surface area contributed by atoms with Crippen molar-refractivity contribution in [2.45, 2.75) is 33.4 Å². The van der Waals surface area contributed by atoms with Gasteiger partial charge in [-0.05, 0) is 35.9 Å². The fraction of sp³-hybridized carbons (Fsp3) is 0.300. The summed E-state index contributed by atoms with van der Waals surface area (Å²) in [4.78, 5) is 42.7. The minimum Gasteiger partial charge on any atom is -0.300 e. The van der Waals surface area contributed by atoms with Crippen LogP contribution in [0, 0.1) is 5.92 Å². The highest BCUT2D eigenvalue weighted by Gasteiger charge is 2.17. The Morgan fingerprint density at radius 3 is 2.72 bits per heavy atom. The van der Waals surface area contributed by atoms with Gasteiger partial charge in [-0.1, -0.05) is 37.3 Å². The summed E-state index contributed by atoms with van der Waals surface area (Å²) in [6, 6.07) is 9.33. The topological polar surface area (TPSA) is 86.0 Å². The van der Waals surface area contributed by atoms with Crippen molar-refractivity contribution in [1.82, 2.24) is 14.1 Å². The van der Waals surface area contributed by atoms with Gasteiger partial charge < -0.3 is 5.32 Å². The van der Waals surface area contributed by atoms with Crippen LogP contribution in [0.4, 0.5) is 5.13 Å². The Morgan fingerprint density at radius 2 is 1.97 bits per heavy atom. The van der Waals surface area contributed by atoms with Crippen LogP contribution in [0.5, 0.6) is 0 Å². The summed E-state index contributed by atoms with van der Waals surface area (Å²) in [5.74, 6) is 0.00355. The Balaban J connectivity index is 1.65. The highest BCUT2D eigenvalue weighted by molar-refractivity contribution is 7.22. The van der Waals surface area contributed by atoms with Crippen LogP contribution in [0.15, 0.2) is 45.3 Å². The number of thiazole rings is 1. The third-order valence-electron chi connectivity index (χ3n) is 4.61. The first kappa shape index (κ1) is 19.5. The lowest BCUT2D eigenvalue weighted by Crippen LogP contribution is -2.41. The molecule has 0 spiro atoms. The number of carbonyl (C=O) groups excluding carboxylic acids is 1. The molecule has 0 atom stereocenters. The monoisotopic (exact) mass is 428 g/mol. The van der Waals surface area contributed by atoms with Crippen molar-refractivity contribution >= 4 is 54.1 Å². The van der Waals surface area contributed by atoms with E-state index in [4.69, 9.17) is 0 Å². The number of nitrogens with zero attached hydrogens (tertiary/aromatic N) is 3. The van der Waals surface area contributed by atoms with E-state index in [1.54, 1.807) is 11.4 Å². The quantitative estimate of drug-likeness (QED) is 0.509. The molecule has 9 heteroatoms. The average molecular weight is 429 g/mol. The lowest BCUT2D eigenvalue weighted by atomic mass is 10.1. The van der Waals surface area contributed by atoms with Crippen molar-refractivity contribution in [1.29, 1.82) is 0 Å². The average Bonchev–Trinajstić information content (AvgIpc) is 3.31. The maximum Gasteiger partial charge on any atom is 0.332 e. The molecule has 3 heterocycles. The van der Waals surface area contributed by atoms with E-state index in [0.29, 0.717) is 34.2 Å². The smallest absolute Gasteiger partial charge is 0.300 e. The van der Waals surface area contributed by atoms with E-state index < -0.39 is 5.69 Å². The van der Waals surface area contributed by atoms with Crippen LogP contribution >= 0.6 is 22.7 Å². The first-order valence-electron chi connectivity index (χ1n) is 9.30. The molecule has 0 saturated heterocycles. The number of carbonyl (C=O) groups is 1. The van der Waals surface area contributed by atoms with Crippen LogP contribution in [0.2, 0.25) is 0 Å². The number of amides is 1. The summed E-state index contributed by atoms with van der Waals surface area (Å²) in [7, 11) is 0. The SMILES string of the molecule is CC(C)CCn1c(=O)c2sccc2n(CC(=O)Nc2nc3ccccc3s2)c1=O. The highest BCUT2D eigenvalue weighted by atomic mass is 32.1. The molecule has 0 radical (unpaired) electrons. The predicted molar refractivity (Wildman–Crippen MR) is 118 cm³/mol. The van der Waals surface area contributed by atoms with E-state index in [1.807, 2.05) is 38.1 Å². The molecule has 0 fully saturated rings. The van der Waals surface area contributed by atoms with Gasteiger partial charge in [0.1, 0.15) is 11.2 Å². The fourth-order valence-corrected chi connectivity index (χ4v) is 4.82. The molecular formula is C20H20N4O3S2. The highest BCUT2D eigenvalue weighted by Crippen LogP contribution is 2.25. The molecule has 4 aromatic rings. The molecule has 150 valence electrons. The van der Waals surface area contributed by atoms with Crippen LogP contribution in [0.1, 0.15) is 20.3 Å². The lowest BCUT2D eigenvalue weighted by Gasteiger charge is -2.12. The maximum absolute atomic E-state index is 13.0. The number of hydrogen-bond donors (Lipinski definition) is 1. The Labute approximate surface area is 174 Å². The molecule has 3 aromatic heterocycles. The van der Waals surface area contributed by atoms with Gasteiger partial charge in [0.25, 0.3) is 5.56 Å². The molecule has 1 amide bonds. The summed E-state index contributed by atoms with van der Waals surface area (Å²) in [6.07, 6.45) is 0.712. The number of para-hydroxylation sites is 1. The van der Waals surface area contributed by atoms with Crippen molar-refractivity contribution in [3.05, 3.63) is 56.5 Å². The van der Waals surface area contributed by atoms with Crippen molar-refractivity contribution in [3.63, 3.8) is 0 Å². The van der Waals surface area contributed by atoms with E-state index in [1.165, 1.54) is 31.8 Å². The van der Waals surface area contributed by atoms with Crippen molar-refractivity contribution in [2.24, 2.45) is 5.92 Å². The van der Waals surface area contributed by atoms with Crippen LogP contribution < -0.4 is 16.6 Å². The van der Waals surface area contributed by atoms with Gasteiger partial charge in [0, 0.05) is 6.54 Å². The molecule has 29 heavy (non-hydrogen) atoms. The molecule has 0 aliphatic rings. The van der Waals surface area contributed by atoms with E-state index in [2.05, 4.69) is 10.3 Å². The third kappa shape index (κ3) is 3.88. The Kier molecular flexibility index (Phi) is 5.33. The van der Waals surface area contributed by atoms with Gasteiger partial charge >= 0.3 is 5.69 Å². The van der Waals surface area contributed by atoms with E-state index in [9.17, 15) is 14.4 Å². The summed E-state index contributed by atoms with van der Waals surface area (Å²) in [6.45, 7) is 4.24. The predicted octanol–water partition coefficient (Wildman–Crippen LogP) is 3.52. The second-order valence-electron chi connectivity index (χ2n) is 7.18. The molecule has 0 bridgehead atoms. The summed E-state index contributed by atoms with van der Waals surface area (Å²) >= 11 is 2.66. The van der Waals surface area contributed by atoms with Gasteiger partial charge in [-0.3, -0.25) is 18.7 Å².